The molecule has 1 aromatic rings. The highest BCUT2D eigenvalue weighted by Crippen LogP contribution is 2.05. The number of carboxylic acid groups (broad SMARTS) is 1. The number of carbonyl (C=O) groups excluding carboxylic acids is 1. The maximum Gasteiger partial charge on any atom is 0.338 e. The van der Waals surface area contributed by atoms with Crippen LogP contribution in [0.3, 0.4) is 0 Å². The Kier molecular flexibility index (Phi) is 2.64. The van der Waals surface area contributed by atoms with Gasteiger partial charge in [0, 0.05) is 0 Å². The molecule has 0 bridgehead atoms. The van der Waals surface area contributed by atoms with Crippen molar-refractivity contribution in [3.8, 4) is 0 Å². The minimum atomic E-state index is -1.08. The van der Waals surface area contributed by atoms with E-state index in [2.05, 4.69) is 10.8 Å². The van der Waals surface area contributed by atoms with Gasteiger partial charge in [0.05, 0.1) is 18.2 Å². The third-order valence-corrected chi connectivity index (χ3v) is 1.45. The monoisotopic (exact) mass is 179 g/mol. The van der Waals surface area contributed by atoms with Crippen LogP contribution in [0.2, 0.25) is 0 Å². The second kappa shape index (κ2) is 3.71. The van der Waals surface area contributed by atoms with E-state index in [-0.39, 0.29) is 11.1 Å². The molecule has 13 heavy (non-hydrogen) atoms. The second-order valence-electron chi connectivity index (χ2n) is 2.29. The SMILES string of the molecule is COC(=O)c1[c]ccc(C(=O)O)c1. The van der Waals surface area contributed by atoms with E-state index in [1.165, 1.54) is 25.3 Å². The molecule has 0 unspecified atom stereocenters. The number of rotatable bonds is 2. The molecule has 67 valence electrons. The lowest BCUT2D eigenvalue weighted by atomic mass is 10.1. The van der Waals surface area contributed by atoms with Gasteiger partial charge in [0.1, 0.15) is 0 Å². The quantitative estimate of drug-likeness (QED) is 0.687. The molecular weight excluding hydrogens is 172 g/mol. The standard InChI is InChI=1S/C9H7O4/c1-13-9(12)7-4-2-3-6(5-7)8(10)11/h2-3,5H,1H3,(H,10,11). The zero-order valence-electron chi connectivity index (χ0n) is 6.90. The Morgan fingerprint density at radius 2 is 2.23 bits per heavy atom. The first kappa shape index (κ1) is 9.25. The molecule has 0 aliphatic heterocycles. The summed E-state index contributed by atoms with van der Waals surface area (Å²) in [5, 5.41) is 8.60. The van der Waals surface area contributed by atoms with Crippen molar-refractivity contribution in [3.63, 3.8) is 0 Å². The van der Waals surface area contributed by atoms with E-state index in [0.717, 1.165) is 0 Å². The van der Waals surface area contributed by atoms with Gasteiger partial charge in [-0.2, -0.15) is 0 Å². The Labute approximate surface area is 74.8 Å². The average Bonchev–Trinajstić information content (AvgIpc) is 2.17. The molecular formula is C9H7O4. The number of ether oxygens (including phenoxy) is 1. The molecule has 0 heterocycles. The second-order valence-corrected chi connectivity index (χ2v) is 2.29. The van der Waals surface area contributed by atoms with Crippen LogP contribution in [0.15, 0.2) is 18.2 Å². The van der Waals surface area contributed by atoms with E-state index < -0.39 is 11.9 Å². The maximum atomic E-state index is 10.9. The summed E-state index contributed by atoms with van der Waals surface area (Å²) in [5.41, 5.74) is 0.154. The Morgan fingerprint density at radius 1 is 1.54 bits per heavy atom. The lowest BCUT2D eigenvalue weighted by Crippen LogP contribution is -2.04. The summed E-state index contributed by atoms with van der Waals surface area (Å²) >= 11 is 0. The molecule has 0 fully saturated rings. The minimum absolute atomic E-state index is 0.0409. The Morgan fingerprint density at radius 3 is 2.77 bits per heavy atom. The van der Waals surface area contributed by atoms with E-state index in [1.807, 2.05) is 0 Å². The minimum Gasteiger partial charge on any atom is -0.478 e. The number of methoxy groups -OCH3 is 1. The Bertz CT molecular complexity index is 343. The highest BCUT2D eigenvalue weighted by atomic mass is 16.5. The first-order chi connectivity index (χ1) is 6.15. The Balaban J connectivity index is 3.05. The molecule has 0 saturated carbocycles. The lowest BCUT2D eigenvalue weighted by molar-refractivity contribution is 0.0600. The van der Waals surface area contributed by atoms with Gasteiger partial charge in [-0.1, -0.05) is 6.07 Å². The number of aromatic carboxylic acids is 1. The summed E-state index contributed by atoms with van der Waals surface area (Å²) in [6.45, 7) is 0. The van der Waals surface area contributed by atoms with Gasteiger partial charge in [-0.15, -0.1) is 0 Å². The van der Waals surface area contributed by atoms with Gasteiger partial charge in [-0.25, -0.2) is 9.59 Å². The molecule has 0 aromatic heterocycles. The topological polar surface area (TPSA) is 63.6 Å². The van der Waals surface area contributed by atoms with Crippen LogP contribution in [0.1, 0.15) is 20.7 Å². The van der Waals surface area contributed by atoms with Crippen LogP contribution >= 0.6 is 0 Å². The van der Waals surface area contributed by atoms with E-state index in [9.17, 15) is 9.59 Å². The molecule has 4 nitrogen and oxygen atoms in total. The van der Waals surface area contributed by atoms with Crippen molar-refractivity contribution in [2.24, 2.45) is 0 Å². The van der Waals surface area contributed by atoms with Crippen LogP contribution in [0.4, 0.5) is 0 Å². The van der Waals surface area contributed by atoms with Crippen molar-refractivity contribution in [2.75, 3.05) is 7.11 Å². The maximum absolute atomic E-state index is 10.9. The summed E-state index contributed by atoms with van der Waals surface area (Å²) < 4.78 is 4.41. The molecule has 1 radical (unpaired) electrons. The van der Waals surface area contributed by atoms with Gasteiger partial charge in [-0.3, -0.25) is 0 Å². The van der Waals surface area contributed by atoms with Gasteiger partial charge < -0.3 is 9.84 Å². The zero-order valence-corrected chi connectivity index (χ0v) is 6.90. The fourth-order valence-corrected chi connectivity index (χ4v) is 0.827. The molecule has 0 saturated heterocycles. The highest BCUT2D eigenvalue weighted by molar-refractivity contribution is 5.94. The number of carboxylic acids is 1. The number of benzene rings is 1. The summed E-state index contributed by atoms with van der Waals surface area (Å²) in [6, 6.07) is 6.52. The molecule has 0 spiro atoms. The number of hydrogen-bond donors (Lipinski definition) is 1. The summed E-state index contributed by atoms with van der Waals surface area (Å²) in [7, 11) is 1.23. The normalized spacial score (nSPS) is 9.31. The van der Waals surface area contributed by atoms with Crippen molar-refractivity contribution in [1.29, 1.82) is 0 Å². The number of hydrogen-bond acceptors (Lipinski definition) is 3. The summed E-state index contributed by atoms with van der Waals surface area (Å²) in [6.07, 6.45) is 0. The largest absolute Gasteiger partial charge is 0.478 e. The van der Waals surface area contributed by atoms with Crippen LogP contribution in [-0.4, -0.2) is 24.2 Å². The smallest absolute Gasteiger partial charge is 0.338 e. The van der Waals surface area contributed by atoms with Crippen molar-refractivity contribution in [1.82, 2.24) is 0 Å². The van der Waals surface area contributed by atoms with E-state index in [1.54, 1.807) is 0 Å². The molecule has 1 aromatic carbocycles. The lowest BCUT2D eigenvalue weighted by Gasteiger charge is -1.98. The van der Waals surface area contributed by atoms with Gasteiger partial charge in [0.25, 0.3) is 0 Å². The van der Waals surface area contributed by atoms with Crippen molar-refractivity contribution in [3.05, 3.63) is 35.4 Å². The predicted molar refractivity (Wildman–Crippen MR) is 43.6 cm³/mol. The van der Waals surface area contributed by atoms with E-state index in [4.69, 9.17) is 5.11 Å². The molecule has 0 amide bonds. The Hall–Kier alpha value is -1.84. The molecule has 1 rings (SSSR count). The van der Waals surface area contributed by atoms with Gasteiger partial charge >= 0.3 is 11.9 Å². The molecule has 0 aliphatic carbocycles. The third kappa shape index (κ3) is 2.05. The zero-order chi connectivity index (χ0) is 9.84. The highest BCUT2D eigenvalue weighted by Gasteiger charge is 2.08. The van der Waals surface area contributed by atoms with Crippen LogP contribution in [-0.2, 0) is 4.74 Å². The van der Waals surface area contributed by atoms with E-state index >= 15 is 0 Å². The third-order valence-electron chi connectivity index (χ3n) is 1.45. The van der Waals surface area contributed by atoms with Crippen LogP contribution < -0.4 is 0 Å². The van der Waals surface area contributed by atoms with Crippen molar-refractivity contribution >= 4 is 11.9 Å². The molecule has 4 heteroatoms. The first-order valence-corrected chi connectivity index (χ1v) is 3.48. The number of carbonyl (C=O) groups is 2. The summed E-state index contributed by atoms with van der Waals surface area (Å²) in [4.78, 5) is 21.4. The molecule has 1 N–H and O–H groups in total. The van der Waals surface area contributed by atoms with Crippen LogP contribution in [0.5, 0.6) is 0 Å². The average molecular weight is 179 g/mol. The van der Waals surface area contributed by atoms with Gasteiger partial charge in [-0.05, 0) is 18.2 Å². The molecule has 0 atom stereocenters. The van der Waals surface area contributed by atoms with E-state index in [0.29, 0.717) is 0 Å². The summed E-state index contributed by atoms with van der Waals surface area (Å²) in [5.74, 6) is -1.68. The van der Waals surface area contributed by atoms with Crippen LogP contribution in [0, 0.1) is 6.07 Å². The van der Waals surface area contributed by atoms with Gasteiger partial charge in [0.15, 0.2) is 0 Å². The van der Waals surface area contributed by atoms with Gasteiger partial charge in [0.2, 0.25) is 0 Å². The fourth-order valence-electron chi connectivity index (χ4n) is 0.827. The van der Waals surface area contributed by atoms with Crippen LogP contribution in [0.25, 0.3) is 0 Å². The molecule has 0 aliphatic rings. The number of esters is 1. The fraction of sp³-hybridized carbons (Fsp3) is 0.111. The predicted octanol–water partition coefficient (Wildman–Crippen LogP) is 0.972. The first-order valence-electron chi connectivity index (χ1n) is 3.48. The van der Waals surface area contributed by atoms with Crippen molar-refractivity contribution < 1.29 is 19.4 Å². The van der Waals surface area contributed by atoms with Crippen molar-refractivity contribution in [2.45, 2.75) is 0 Å².